The minimum Gasteiger partial charge on any atom is -0.402 e. The van der Waals surface area contributed by atoms with Crippen LogP contribution < -0.4 is 11.1 Å². The van der Waals surface area contributed by atoms with Crippen LogP contribution in [0, 0.1) is 5.92 Å². The molecule has 6 nitrogen and oxygen atoms in total. The van der Waals surface area contributed by atoms with E-state index in [0.29, 0.717) is 23.9 Å². The molecule has 1 aromatic rings. The first-order valence-corrected chi connectivity index (χ1v) is 7.51. The number of hydrogen-bond acceptors (Lipinski definition) is 4. The molecule has 0 radical (unpaired) electrons. The average molecular weight is 304 g/mol. The summed E-state index contributed by atoms with van der Waals surface area (Å²) in [4.78, 5) is 12.3. The Morgan fingerprint density at radius 1 is 1.55 bits per heavy atom. The molecule has 1 aromatic heterocycles. The number of hydrogen-bond donors (Lipinski definition) is 3. The third-order valence-corrected chi connectivity index (χ3v) is 3.56. The van der Waals surface area contributed by atoms with Crippen LogP contribution in [0.15, 0.2) is 24.0 Å². The first-order valence-electron chi connectivity index (χ1n) is 7.51. The van der Waals surface area contributed by atoms with Gasteiger partial charge in [-0.05, 0) is 31.4 Å². The smallest absolute Gasteiger partial charge is 0.270 e. The molecule has 1 aliphatic heterocycles. The molecule has 0 saturated heterocycles. The molecule has 4 N–H and O–H groups in total. The van der Waals surface area contributed by atoms with Gasteiger partial charge in [-0.2, -0.15) is 5.10 Å². The van der Waals surface area contributed by atoms with Gasteiger partial charge in [0.25, 0.3) is 5.91 Å². The lowest BCUT2D eigenvalue weighted by atomic mass is 9.99. The zero-order chi connectivity index (χ0) is 16.4. The summed E-state index contributed by atoms with van der Waals surface area (Å²) in [6, 6.07) is -0.260. The molecule has 2 unspecified atom stereocenters. The molecule has 2 atom stereocenters. The largest absolute Gasteiger partial charge is 0.402 e. The van der Waals surface area contributed by atoms with Gasteiger partial charge in [0.2, 0.25) is 0 Å². The summed E-state index contributed by atoms with van der Waals surface area (Å²) in [7, 11) is 0. The van der Waals surface area contributed by atoms with Crippen molar-refractivity contribution in [2.75, 3.05) is 6.54 Å². The number of nitrogens with one attached hydrogen (secondary N) is 1. The zero-order valence-electron chi connectivity index (χ0n) is 13.5. The quantitative estimate of drug-likeness (QED) is 0.734. The van der Waals surface area contributed by atoms with Crippen LogP contribution in [0.4, 0.5) is 0 Å². The molecule has 0 bridgehead atoms. The van der Waals surface area contributed by atoms with Gasteiger partial charge in [0.1, 0.15) is 5.69 Å². The molecule has 120 valence electrons. The SMILES string of the molecule is C/C(N)=C/C(=C\C(C)C)c1cnn2c1C(=O)NCC2C(C)O. The Balaban J connectivity index is 2.57. The summed E-state index contributed by atoms with van der Waals surface area (Å²) >= 11 is 0. The lowest BCUT2D eigenvalue weighted by Gasteiger charge is -2.27. The molecular formula is C16H24N4O2. The number of aliphatic hydroxyl groups is 1. The van der Waals surface area contributed by atoms with E-state index in [1.165, 1.54) is 0 Å². The van der Waals surface area contributed by atoms with E-state index in [1.54, 1.807) is 17.8 Å². The topological polar surface area (TPSA) is 93.2 Å². The molecule has 0 saturated carbocycles. The van der Waals surface area contributed by atoms with Gasteiger partial charge in [-0.15, -0.1) is 0 Å². The van der Waals surface area contributed by atoms with Crippen molar-refractivity contribution in [3.63, 3.8) is 0 Å². The van der Waals surface area contributed by atoms with Gasteiger partial charge in [-0.1, -0.05) is 19.9 Å². The summed E-state index contributed by atoms with van der Waals surface area (Å²) in [6.07, 6.45) is 4.96. The Labute approximate surface area is 130 Å². The molecule has 2 rings (SSSR count). The van der Waals surface area contributed by atoms with Crippen molar-refractivity contribution in [1.82, 2.24) is 15.1 Å². The van der Waals surface area contributed by atoms with Crippen molar-refractivity contribution in [2.24, 2.45) is 11.7 Å². The number of nitrogens with zero attached hydrogens (tertiary/aromatic N) is 2. The second-order valence-corrected chi connectivity index (χ2v) is 6.12. The van der Waals surface area contributed by atoms with Crippen molar-refractivity contribution in [3.05, 3.63) is 35.3 Å². The summed E-state index contributed by atoms with van der Waals surface area (Å²) in [6.45, 7) is 8.01. The Morgan fingerprint density at radius 2 is 2.23 bits per heavy atom. The van der Waals surface area contributed by atoms with Crippen molar-refractivity contribution >= 4 is 11.5 Å². The minimum atomic E-state index is -0.601. The van der Waals surface area contributed by atoms with Gasteiger partial charge in [-0.25, -0.2) is 0 Å². The van der Waals surface area contributed by atoms with Crippen molar-refractivity contribution in [2.45, 2.75) is 39.8 Å². The maximum atomic E-state index is 12.3. The summed E-state index contributed by atoms with van der Waals surface area (Å²) in [5.41, 5.74) is 8.56. The van der Waals surface area contributed by atoms with E-state index in [1.807, 2.05) is 19.1 Å². The van der Waals surface area contributed by atoms with E-state index in [2.05, 4.69) is 24.3 Å². The third-order valence-electron chi connectivity index (χ3n) is 3.56. The highest BCUT2D eigenvalue weighted by Crippen LogP contribution is 2.28. The van der Waals surface area contributed by atoms with E-state index in [4.69, 9.17) is 5.73 Å². The van der Waals surface area contributed by atoms with Crippen LogP contribution in [0.5, 0.6) is 0 Å². The Morgan fingerprint density at radius 3 is 2.77 bits per heavy atom. The predicted molar refractivity (Wildman–Crippen MR) is 86.0 cm³/mol. The van der Waals surface area contributed by atoms with Crippen LogP contribution >= 0.6 is 0 Å². The number of allylic oxidation sites excluding steroid dienone is 4. The molecule has 6 heteroatoms. The van der Waals surface area contributed by atoms with Crippen molar-refractivity contribution < 1.29 is 9.90 Å². The highest BCUT2D eigenvalue weighted by Gasteiger charge is 2.32. The number of amides is 1. The molecule has 0 aliphatic carbocycles. The fraction of sp³-hybridized carbons (Fsp3) is 0.500. The van der Waals surface area contributed by atoms with E-state index < -0.39 is 6.10 Å². The van der Waals surface area contributed by atoms with Gasteiger partial charge >= 0.3 is 0 Å². The van der Waals surface area contributed by atoms with Gasteiger partial charge in [-0.3, -0.25) is 9.48 Å². The second-order valence-electron chi connectivity index (χ2n) is 6.12. The maximum Gasteiger partial charge on any atom is 0.270 e. The van der Waals surface area contributed by atoms with Crippen molar-refractivity contribution in [3.8, 4) is 0 Å². The fourth-order valence-electron chi connectivity index (χ4n) is 2.61. The second kappa shape index (κ2) is 6.36. The highest BCUT2D eigenvalue weighted by atomic mass is 16.3. The molecule has 22 heavy (non-hydrogen) atoms. The van der Waals surface area contributed by atoms with Crippen LogP contribution in [0.2, 0.25) is 0 Å². The Kier molecular flexibility index (Phi) is 4.71. The summed E-state index contributed by atoms with van der Waals surface area (Å²) < 4.78 is 1.62. The highest BCUT2D eigenvalue weighted by molar-refractivity contribution is 5.99. The molecule has 1 aliphatic rings. The standard InChI is InChI=1S/C16H24N4O2/c1-9(2)5-12(6-10(3)17)13-7-19-20-14(11(4)21)8-18-16(22)15(13)20/h5-7,9,11,14,21H,8,17H2,1-4H3,(H,18,22)/b10-6-,12-5+. The molecule has 1 amide bonds. The van der Waals surface area contributed by atoms with Crippen LogP contribution in [-0.4, -0.2) is 33.4 Å². The zero-order valence-corrected chi connectivity index (χ0v) is 13.5. The van der Waals surface area contributed by atoms with Crippen LogP contribution in [-0.2, 0) is 0 Å². The van der Waals surface area contributed by atoms with Crippen LogP contribution in [0.1, 0.15) is 49.8 Å². The third kappa shape index (κ3) is 3.22. The van der Waals surface area contributed by atoms with Crippen molar-refractivity contribution in [1.29, 1.82) is 0 Å². The first-order chi connectivity index (χ1) is 10.3. The summed E-state index contributed by atoms with van der Waals surface area (Å²) in [5.74, 6) is 0.127. The van der Waals surface area contributed by atoms with Gasteiger partial charge in [0, 0.05) is 17.8 Å². The Hall–Kier alpha value is -2.08. The maximum absolute atomic E-state index is 12.3. The molecule has 0 aromatic carbocycles. The van der Waals surface area contributed by atoms with Crippen LogP contribution in [0.3, 0.4) is 0 Å². The summed E-state index contributed by atoms with van der Waals surface area (Å²) in [5, 5.41) is 17.0. The number of aromatic nitrogens is 2. The normalized spacial score (nSPS) is 20.8. The number of aliphatic hydroxyl groups excluding tert-OH is 1. The van der Waals surface area contributed by atoms with Gasteiger partial charge < -0.3 is 16.2 Å². The number of fused-ring (bicyclic) bond motifs is 1. The van der Waals surface area contributed by atoms with E-state index in [-0.39, 0.29) is 11.9 Å². The molecule has 0 fully saturated rings. The Bertz CT molecular complexity index is 622. The molecular weight excluding hydrogens is 280 g/mol. The average Bonchev–Trinajstić information content (AvgIpc) is 2.82. The van der Waals surface area contributed by atoms with E-state index in [9.17, 15) is 9.90 Å². The first kappa shape index (κ1) is 16.3. The number of nitrogens with two attached hydrogens (primary N) is 1. The number of rotatable bonds is 4. The monoisotopic (exact) mass is 304 g/mol. The molecule has 0 spiro atoms. The predicted octanol–water partition coefficient (Wildman–Crippen LogP) is 1.45. The lowest BCUT2D eigenvalue weighted by molar-refractivity contribution is 0.0804. The van der Waals surface area contributed by atoms with E-state index in [0.717, 1.165) is 11.1 Å². The van der Waals surface area contributed by atoms with Gasteiger partial charge in [0.05, 0.1) is 18.3 Å². The minimum absolute atomic E-state index is 0.179. The molecule has 2 heterocycles. The number of carbonyl (C=O) groups excluding carboxylic acids is 1. The fourth-order valence-corrected chi connectivity index (χ4v) is 2.61. The van der Waals surface area contributed by atoms with Gasteiger partial charge in [0.15, 0.2) is 0 Å². The van der Waals surface area contributed by atoms with E-state index >= 15 is 0 Å². The number of carbonyl (C=O) groups is 1. The lowest BCUT2D eigenvalue weighted by Crippen LogP contribution is -2.43. The van der Waals surface area contributed by atoms with Crippen LogP contribution in [0.25, 0.3) is 5.57 Å².